The number of anilines is 1. The van der Waals surface area contributed by atoms with Crippen molar-refractivity contribution in [1.82, 2.24) is 4.72 Å². The van der Waals surface area contributed by atoms with E-state index in [0.717, 1.165) is 18.9 Å². The van der Waals surface area contributed by atoms with Gasteiger partial charge in [-0.2, -0.15) is 0 Å². The summed E-state index contributed by atoms with van der Waals surface area (Å²) in [5.41, 5.74) is 5.58. The molecule has 1 aliphatic rings. The molecule has 1 aromatic carbocycles. The van der Waals surface area contributed by atoms with Crippen molar-refractivity contribution in [3.8, 4) is 0 Å². The highest BCUT2D eigenvalue weighted by Crippen LogP contribution is 2.30. The number of hydrogen-bond acceptors (Lipinski definition) is 4. The lowest BCUT2D eigenvalue weighted by atomic mass is 9.83. The van der Waals surface area contributed by atoms with E-state index >= 15 is 0 Å². The lowest BCUT2D eigenvalue weighted by Gasteiger charge is -2.33. The predicted molar refractivity (Wildman–Crippen MR) is 81.9 cm³/mol. The van der Waals surface area contributed by atoms with Gasteiger partial charge in [0, 0.05) is 25.4 Å². The molecule has 0 spiro atoms. The Morgan fingerprint density at radius 3 is 2.67 bits per heavy atom. The Bertz CT molecular complexity index is 631. The van der Waals surface area contributed by atoms with Gasteiger partial charge in [0.15, 0.2) is 5.82 Å². The first-order valence-electron chi connectivity index (χ1n) is 6.55. The first-order valence-corrected chi connectivity index (χ1v) is 8.83. The molecular weight excluding hydrogens is 363 g/mol. The maximum absolute atomic E-state index is 14.0. The highest BCUT2D eigenvalue weighted by atomic mass is 79.9. The van der Waals surface area contributed by atoms with Crippen molar-refractivity contribution in [1.29, 1.82) is 0 Å². The summed E-state index contributed by atoms with van der Waals surface area (Å²) >= 11 is 2.96. The molecule has 0 unspecified atom stereocenters. The first-order chi connectivity index (χ1) is 9.73. The molecule has 0 bridgehead atoms. The van der Waals surface area contributed by atoms with Crippen molar-refractivity contribution in [2.24, 2.45) is 5.41 Å². The molecule has 0 aliphatic carbocycles. The van der Waals surface area contributed by atoms with Crippen LogP contribution in [0.25, 0.3) is 0 Å². The number of nitrogens with one attached hydrogen (secondary N) is 1. The Morgan fingerprint density at radius 1 is 1.43 bits per heavy atom. The van der Waals surface area contributed by atoms with Crippen molar-refractivity contribution >= 4 is 31.6 Å². The quantitative estimate of drug-likeness (QED) is 0.784. The van der Waals surface area contributed by atoms with E-state index in [-0.39, 0.29) is 22.1 Å². The fraction of sp³-hybridized carbons (Fsp3) is 0.538. The Balaban J connectivity index is 2.19. The molecule has 118 valence electrons. The summed E-state index contributed by atoms with van der Waals surface area (Å²) in [5, 5.41) is 0. The van der Waals surface area contributed by atoms with Gasteiger partial charge in [-0.1, -0.05) is 6.92 Å². The minimum absolute atomic E-state index is 0.0279. The van der Waals surface area contributed by atoms with Crippen molar-refractivity contribution < 1.29 is 17.5 Å². The van der Waals surface area contributed by atoms with Crippen molar-refractivity contribution in [2.45, 2.75) is 24.7 Å². The molecule has 0 radical (unpaired) electrons. The van der Waals surface area contributed by atoms with Crippen LogP contribution in [0, 0.1) is 11.2 Å². The first kappa shape index (κ1) is 16.7. The topological polar surface area (TPSA) is 81.4 Å². The van der Waals surface area contributed by atoms with Crippen LogP contribution in [0.15, 0.2) is 21.5 Å². The molecule has 3 N–H and O–H groups in total. The monoisotopic (exact) mass is 380 g/mol. The lowest BCUT2D eigenvalue weighted by Crippen LogP contribution is -2.39. The van der Waals surface area contributed by atoms with E-state index in [0.29, 0.717) is 13.2 Å². The fourth-order valence-electron chi connectivity index (χ4n) is 2.17. The van der Waals surface area contributed by atoms with Gasteiger partial charge in [-0.15, -0.1) is 0 Å². The van der Waals surface area contributed by atoms with Crippen LogP contribution >= 0.6 is 15.9 Å². The third-order valence-electron chi connectivity index (χ3n) is 3.70. The molecule has 2 rings (SSSR count). The molecule has 8 heteroatoms. The number of ether oxygens (including phenoxy) is 1. The summed E-state index contributed by atoms with van der Waals surface area (Å²) < 4.78 is 46.3. The summed E-state index contributed by atoms with van der Waals surface area (Å²) in [6.45, 7) is 3.45. The van der Waals surface area contributed by atoms with Crippen LogP contribution in [0.1, 0.15) is 19.8 Å². The number of hydrogen-bond donors (Lipinski definition) is 2. The third kappa shape index (κ3) is 3.94. The standard InChI is InChI=1S/C13H18BrFN2O3S/c1-13(2-4-20-5-3-13)8-17-21(18,19)11-7-9(16)6-10(14)12(11)15/h6-7,17H,2-5,8,16H2,1H3. The Hall–Kier alpha value is -0.700. The van der Waals surface area contributed by atoms with Gasteiger partial charge in [0.05, 0.1) is 4.47 Å². The highest BCUT2D eigenvalue weighted by molar-refractivity contribution is 9.10. The zero-order valence-electron chi connectivity index (χ0n) is 11.7. The number of sulfonamides is 1. The summed E-state index contributed by atoms with van der Waals surface area (Å²) in [5.74, 6) is -0.839. The SMILES string of the molecule is CC1(CNS(=O)(=O)c2cc(N)cc(Br)c2F)CCOCC1. The van der Waals surface area contributed by atoms with Crippen molar-refractivity contribution in [3.05, 3.63) is 22.4 Å². The molecule has 1 fully saturated rings. The number of rotatable bonds is 4. The maximum Gasteiger partial charge on any atom is 0.243 e. The second kappa shape index (κ2) is 6.20. The van der Waals surface area contributed by atoms with Gasteiger partial charge in [0.2, 0.25) is 10.0 Å². The van der Waals surface area contributed by atoms with Crippen molar-refractivity contribution in [3.63, 3.8) is 0 Å². The Labute approximate surface area is 132 Å². The smallest absolute Gasteiger partial charge is 0.243 e. The molecule has 5 nitrogen and oxygen atoms in total. The number of nitrogens with two attached hydrogens (primary N) is 1. The van der Waals surface area contributed by atoms with Gasteiger partial charge in [-0.05, 0) is 46.3 Å². The molecule has 0 saturated carbocycles. The highest BCUT2D eigenvalue weighted by Gasteiger charge is 2.30. The summed E-state index contributed by atoms with van der Waals surface area (Å²) in [7, 11) is -3.95. The number of benzene rings is 1. The van der Waals surface area contributed by atoms with E-state index in [1.165, 1.54) is 6.07 Å². The normalized spacial score (nSPS) is 18.6. The second-order valence-electron chi connectivity index (χ2n) is 5.56. The van der Waals surface area contributed by atoms with Gasteiger partial charge < -0.3 is 10.5 Å². The molecule has 0 amide bonds. The van der Waals surface area contributed by atoms with E-state index in [4.69, 9.17) is 10.5 Å². The average molecular weight is 381 g/mol. The molecule has 21 heavy (non-hydrogen) atoms. The Morgan fingerprint density at radius 2 is 2.05 bits per heavy atom. The van der Waals surface area contributed by atoms with Crippen LogP contribution in [0.3, 0.4) is 0 Å². The molecule has 1 aromatic rings. The van der Waals surface area contributed by atoms with Gasteiger partial charge in [0.1, 0.15) is 4.90 Å². The fourth-order valence-corrected chi connectivity index (χ4v) is 4.11. The third-order valence-corrected chi connectivity index (χ3v) is 5.67. The molecule has 1 heterocycles. The lowest BCUT2D eigenvalue weighted by molar-refractivity contribution is 0.0264. The van der Waals surface area contributed by atoms with E-state index in [9.17, 15) is 12.8 Å². The predicted octanol–water partition coefficient (Wildman–Crippen LogP) is 2.27. The van der Waals surface area contributed by atoms with E-state index in [2.05, 4.69) is 20.7 Å². The molecule has 1 saturated heterocycles. The van der Waals surface area contributed by atoms with Gasteiger partial charge in [0.25, 0.3) is 0 Å². The minimum Gasteiger partial charge on any atom is -0.399 e. The zero-order chi connectivity index (χ0) is 15.7. The van der Waals surface area contributed by atoms with Gasteiger partial charge in [-0.3, -0.25) is 0 Å². The average Bonchev–Trinajstić information content (AvgIpc) is 2.42. The second-order valence-corrected chi connectivity index (χ2v) is 8.15. The van der Waals surface area contributed by atoms with Crippen LogP contribution in [-0.2, 0) is 14.8 Å². The minimum atomic E-state index is -3.95. The molecule has 0 aromatic heterocycles. The summed E-state index contributed by atoms with van der Waals surface area (Å²) in [6, 6.07) is 2.45. The van der Waals surface area contributed by atoms with Crippen LogP contribution in [0.4, 0.5) is 10.1 Å². The maximum atomic E-state index is 14.0. The number of nitrogen functional groups attached to an aromatic ring is 1. The van der Waals surface area contributed by atoms with E-state index < -0.39 is 20.7 Å². The molecular formula is C13H18BrFN2O3S. The van der Waals surface area contributed by atoms with E-state index in [1.807, 2.05) is 6.92 Å². The van der Waals surface area contributed by atoms with E-state index in [1.54, 1.807) is 0 Å². The summed E-state index contributed by atoms with van der Waals surface area (Å²) in [4.78, 5) is -0.440. The van der Waals surface area contributed by atoms with Crippen LogP contribution < -0.4 is 10.5 Å². The van der Waals surface area contributed by atoms with Crippen LogP contribution in [0.5, 0.6) is 0 Å². The largest absolute Gasteiger partial charge is 0.399 e. The van der Waals surface area contributed by atoms with Gasteiger partial charge >= 0.3 is 0 Å². The van der Waals surface area contributed by atoms with Crippen molar-refractivity contribution in [2.75, 3.05) is 25.5 Å². The zero-order valence-corrected chi connectivity index (χ0v) is 14.1. The van der Waals surface area contributed by atoms with Gasteiger partial charge in [-0.25, -0.2) is 17.5 Å². The van der Waals surface area contributed by atoms with Crippen LogP contribution in [0.2, 0.25) is 0 Å². The molecule has 1 aliphatic heterocycles. The summed E-state index contributed by atoms with van der Waals surface area (Å²) in [6.07, 6.45) is 1.53. The van der Waals surface area contributed by atoms with Crippen LogP contribution in [-0.4, -0.2) is 28.2 Å². The number of halogens is 2. The Kier molecular flexibility index (Phi) is 4.92. The molecule has 0 atom stereocenters.